The number of nitrogens with one attached hydrogen (secondary N) is 1. The van der Waals surface area contributed by atoms with Gasteiger partial charge >= 0.3 is 0 Å². The van der Waals surface area contributed by atoms with Crippen LogP contribution >= 0.6 is 0 Å². The first-order chi connectivity index (χ1) is 13.4. The van der Waals surface area contributed by atoms with Crippen LogP contribution < -0.4 is 4.72 Å². The minimum absolute atomic E-state index is 0.346. The highest BCUT2D eigenvalue weighted by molar-refractivity contribution is 7.89. The van der Waals surface area contributed by atoms with Crippen molar-refractivity contribution >= 4 is 10.0 Å². The first-order valence-electron chi connectivity index (χ1n) is 10.1. The van der Waals surface area contributed by atoms with E-state index >= 15 is 0 Å². The summed E-state index contributed by atoms with van der Waals surface area (Å²) in [6.45, 7) is 6.96. The number of sulfonamides is 1. The molecule has 2 atom stereocenters. The number of rotatable bonds is 9. The molecule has 3 rings (SSSR count). The van der Waals surface area contributed by atoms with Gasteiger partial charge in [0.25, 0.3) is 0 Å². The van der Waals surface area contributed by atoms with Crippen molar-refractivity contribution in [3.05, 3.63) is 76.9 Å². The molecule has 1 aliphatic rings. The molecule has 0 aromatic heterocycles. The smallest absolute Gasteiger partial charge is 0.211 e. The third kappa shape index (κ3) is 5.55. The Morgan fingerprint density at radius 3 is 2.39 bits per heavy atom. The van der Waals surface area contributed by atoms with E-state index in [4.69, 9.17) is 0 Å². The van der Waals surface area contributed by atoms with Crippen LogP contribution in [-0.4, -0.2) is 15.0 Å². The van der Waals surface area contributed by atoms with E-state index < -0.39 is 10.0 Å². The van der Waals surface area contributed by atoms with Gasteiger partial charge in [0, 0.05) is 6.54 Å². The van der Waals surface area contributed by atoms with Gasteiger partial charge in [-0.05, 0) is 76.0 Å². The van der Waals surface area contributed by atoms with E-state index in [9.17, 15) is 8.42 Å². The molecule has 1 aliphatic carbocycles. The highest BCUT2D eigenvalue weighted by atomic mass is 32.2. The van der Waals surface area contributed by atoms with Gasteiger partial charge in [0.15, 0.2) is 0 Å². The summed E-state index contributed by atoms with van der Waals surface area (Å²) in [4.78, 5) is 0.346. The van der Waals surface area contributed by atoms with Gasteiger partial charge in [-0.15, -0.1) is 0 Å². The fourth-order valence-corrected chi connectivity index (χ4v) is 4.81. The third-order valence-corrected chi connectivity index (χ3v) is 7.40. The van der Waals surface area contributed by atoms with Gasteiger partial charge in [-0.3, -0.25) is 0 Å². The predicted molar refractivity (Wildman–Crippen MR) is 116 cm³/mol. The average Bonchev–Trinajstić information content (AvgIpc) is 3.46. The lowest BCUT2D eigenvalue weighted by molar-refractivity contribution is 0.572. The first-order valence-corrected chi connectivity index (χ1v) is 11.6. The summed E-state index contributed by atoms with van der Waals surface area (Å²) in [5.74, 6) is 1.23. The van der Waals surface area contributed by atoms with E-state index in [0.717, 1.165) is 24.8 Å². The molecule has 2 aromatic rings. The second-order valence-corrected chi connectivity index (χ2v) is 9.82. The van der Waals surface area contributed by atoms with Gasteiger partial charge in [-0.1, -0.05) is 59.2 Å². The summed E-state index contributed by atoms with van der Waals surface area (Å²) >= 11 is 0. The molecule has 0 saturated heterocycles. The molecule has 0 amide bonds. The van der Waals surface area contributed by atoms with E-state index in [1.165, 1.54) is 23.1 Å². The Morgan fingerprint density at radius 2 is 1.71 bits per heavy atom. The van der Waals surface area contributed by atoms with Crippen LogP contribution in [0, 0.1) is 18.8 Å². The first kappa shape index (κ1) is 20.8. The molecule has 0 radical (unpaired) electrons. The Hall–Kier alpha value is -1.91. The van der Waals surface area contributed by atoms with Crippen LogP contribution in [0.1, 0.15) is 44.2 Å². The standard InChI is InChI=1S/C24H31NO2S/c1-18-9-13-23(14-10-18)28(26,27)25-16-15-22-17-24(22)20(3)19(2)11-12-21-7-5-4-6-8-21/h4-10,13-14,22,24-25H,11-12,15-17H2,1-3H3/b20-19+. The van der Waals surface area contributed by atoms with E-state index in [2.05, 4.69) is 48.9 Å². The fourth-order valence-electron chi connectivity index (χ4n) is 3.77. The van der Waals surface area contributed by atoms with Gasteiger partial charge < -0.3 is 0 Å². The van der Waals surface area contributed by atoms with Crippen LogP contribution in [0.15, 0.2) is 70.6 Å². The zero-order valence-electron chi connectivity index (χ0n) is 17.1. The average molecular weight is 398 g/mol. The minimum Gasteiger partial charge on any atom is -0.211 e. The topological polar surface area (TPSA) is 46.2 Å². The van der Waals surface area contributed by atoms with E-state index in [0.29, 0.717) is 23.3 Å². The third-order valence-electron chi connectivity index (χ3n) is 5.92. The summed E-state index contributed by atoms with van der Waals surface area (Å²) in [6, 6.07) is 17.6. The Balaban J connectivity index is 1.45. The van der Waals surface area contributed by atoms with Crippen LogP contribution in [-0.2, 0) is 16.4 Å². The van der Waals surface area contributed by atoms with Crippen molar-refractivity contribution in [3.63, 3.8) is 0 Å². The van der Waals surface area contributed by atoms with Crippen molar-refractivity contribution in [2.24, 2.45) is 11.8 Å². The molecule has 0 spiro atoms. The van der Waals surface area contributed by atoms with Crippen molar-refractivity contribution in [1.82, 2.24) is 4.72 Å². The normalized spacial score (nSPS) is 20.0. The zero-order chi connectivity index (χ0) is 20.1. The molecule has 0 bridgehead atoms. The summed E-state index contributed by atoms with van der Waals surface area (Å²) in [7, 11) is -3.40. The minimum atomic E-state index is -3.40. The summed E-state index contributed by atoms with van der Waals surface area (Å²) in [6.07, 6.45) is 4.26. The van der Waals surface area contributed by atoms with Crippen molar-refractivity contribution in [3.8, 4) is 0 Å². The predicted octanol–water partition coefficient (Wildman–Crippen LogP) is 5.27. The Bertz CT molecular complexity index is 915. The van der Waals surface area contributed by atoms with Crippen molar-refractivity contribution in [2.75, 3.05) is 6.54 Å². The number of benzene rings is 2. The SMILES string of the molecule is C/C(CCc1ccccc1)=C(/C)C1CC1CCNS(=O)(=O)c1ccc(C)cc1. The fraction of sp³-hybridized carbons (Fsp3) is 0.417. The monoisotopic (exact) mass is 397 g/mol. The second-order valence-electron chi connectivity index (χ2n) is 8.05. The Kier molecular flexibility index (Phi) is 6.73. The molecule has 3 nitrogen and oxygen atoms in total. The van der Waals surface area contributed by atoms with E-state index in [-0.39, 0.29) is 0 Å². The highest BCUT2D eigenvalue weighted by Gasteiger charge is 2.38. The molecule has 2 unspecified atom stereocenters. The number of allylic oxidation sites excluding steroid dienone is 2. The van der Waals surface area contributed by atoms with Gasteiger partial charge in [0.2, 0.25) is 10.0 Å². The van der Waals surface area contributed by atoms with E-state index in [1.807, 2.05) is 19.1 Å². The van der Waals surface area contributed by atoms with E-state index in [1.54, 1.807) is 12.1 Å². The van der Waals surface area contributed by atoms with Crippen LogP contribution in [0.25, 0.3) is 0 Å². The summed E-state index contributed by atoms with van der Waals surface area (Å²) in [5.41, 5.74) is 5.43. The molecule has 150 valence electrons. The molecule has 0 aliphatic heterocycles. The van der Waals surface area contributed by atoms with Crippen LogP contribution in [0.4, 0.5) is 0 Å². The molecule has 4 heteroatoms. The second kappa shape index (κ2) is 9.06. The molecular weight excluding hydrogens is 366 g/mol. The molecule has 1 saturated carbocycles. The molecule has 1 fully saturated rings. The maximum atomic E-state index is 12.4. The number of aryl methyl sites for hydroxylation is 2. The quantitative estimate of drug-likeness (QED) is 0.586. The van der Waals surface area contributed by atoms with Gasteiger partial charge in [-0.25, -0.2) is 13.1 Å². The van der Waals surface area contributed by atoms with Crippen molar-refractivity contribution < 1.29 is 8.42 Å². The number of hydrogen-bond donors (Lipinski definition) is 1. The van der Waals surface area contributed by atoms with Crippen molar-refractivity contribution in [1.29, 1.82) is 0 Å². The Morgan fingerprint density at radius 1 is 1.04 bits per heavy atom. The maximum Gasteiger partial charge on any atom is 0.240 e. The summed E-state index contributed by atoms with van der Waals surface area (Å²) in [5, 5.41) is 0. The lowest BCUT2D eigenvalue weighted by atomic mass is 9.98. The van der Waals surface area contributed by atoms with Crippen molar-refractivity contribution in [2.45, 2.75) is 51.3 Å². The van der Waals surface area contributed by atoms with Crippen LogP contribution in [0.2, 0.25) is 0 Å². The van der Waals surface area contributed by atoms with Gasteiger partial charge in [0.1, 0.15) is 0 Å². The number of hydrogen-bond acceptors (Lipinski definition) is 2. The maximum absolute atomic E-state index is 12.4. The lowest BCUT2D eigenvalue weighted by Gasteiger charge is -2.09. The summed E-state index contributed by atoms with van der Waals surface area (Å²) < 4.78 is 27.5. The van der Waals surface area contributed by atoms with Gasteiger partial charge in [-0.2, -0.15) is 0 Å². The molecule has 28 heavy (non-hydrogen) atoms. The van der Waals surface area contributed by atoms with Crippen LogP contribution in [0.5, 0.6) is 0 Å². The van der Waals surface area contributed by atoms with Crippen LogP contribution in [0.3, 0.4) is 0 Å². The Labute approximate surface area is 169 Å². The molecule has 0 heterocycles. The highest BCUT2D eigenvalue weighted by Crippen LogP contribution is 2.47. The zero-order valence-corrected chi connectivity index (χ0v) is 17.9. The molecule has 1 N–H and O–H groups in total. The van der Waals surface area contributed by atoms with Gasteiger partial charge in [0.05, 0.1) is 4.90 Å². The molecular formula is C24H31NO2S. The lowest BCUT2D eigenvalue weighted by Crippen LogP contribution is -2.25. The molecule has 2 aromatic carbocycles. The largest absolute Gasteiger partial charge is 0.240 e.